The van der Waals surface area contributed by atoms with Crippen LogP contribution >= 0.6 is 0 Å². The zero-order chi connectivity index (χ0) is 28.9. The number of fused-ring (bicyclic) bond motifs is 6. The van der Waals surface area contributed by atoms with E-state index in [-0.39, 0.29) is 5.92 Å². The van der Waals surface area contributed by atoms with Crippen LogP contribution in [0.2, 0.25) is 0 Å². The van der Waals surface area contributed by atoms with E-state index in [1.807, 2.05) is 58.9 Å². The van der Waals surface area contributed by atoms with Crippen LogP contribution in [0.3, 0.4) is 0 Å². The smallest absolute Gasteiger partial charge is 0.229 e. The van der Waals surface area contributed by atoms with Crippen LogP contribution in [0.15, 0.2) is 80.2 Å². The Kier molecular flexibility index (Phi) is 11.4. The number of rotatable bonds is 2. The molecule has 0 saturated carbocycles. The van der Waals surface area contributed by atoms with E-state index < -0.39 is 0 Å². The summed E-state index contributed by atoms with van der Waals surface area (Å²) in [6.07, 6.45) is 7.61. The third kappa shape index (κ3) is 6.75. The first-order chi connectivity index (χ1) is 19.8. The molecule has 2 aliphatic rings. The van der Waals surface area contributed by atoms with Crippen molar-refractivity contribution in [2.45, 2.75) is 53.4 Å². The monoisotopic (exact) mass is 539 g/mol. The third-order valence-electron chi connectivity index (χ3n) is 6.31. The minimum atomic E-state index is 0.267. The second-order valence-electron chi connectivity index (χ2n) is 8.45. The van der Waals surface area contributed by atoms with Crippen molar-refractivity contribution in [3.63, 3.8) is 0 Å². The van der Waals surface area contributed by atoms with Gasteiger partial charge in [0, 0.05) is 29.8 Å². The van der Waals surface area contributed by atoms with Gasteiger partial charge in [0.1, 0.15) is 36.0 Å². The van der Waals surface area contributed by atoms with Crippen LogP contribution in [-0.4, -0.2) is 37.9 Å². The molecule has 3 heterocycles. The van der Waals surface area contributed by atoms with Gasteiger partial charge in [-0.3, -0.25) is 0 Å². The van der Waals surface area contributed by atoms with Crippen molar-refractivity contribution >= 4 is 17.5 Å². The minimum absolute atomic E-state index is 0.267. The van der Waals surface area contributed by atoms with E-state index in [1.165, 1.54) is 11.1 Å². The number of hydrogen-bond donors (Lipinski definition) is 2. The predicted molar refractivity (Wildman–Crippen MR) is 165 cm³/mol. The Morgan fingerprint density at radius 3 is 2.48 bits per heavy atom. The standard InChI is InChI=1S/C26H25N7O.2C2H6.C2H4/c1-17-28-16-29-33(17)22-12-9-19-15-23(22)34-14-6-5-13-27-25-21-11-10-20(18-7-3-2-4-8-18)24(21)31-26(30-19)32-25;3*1-2/h2-9,12,15-16,20H,10-11,13-14H2,1H3,(H2,27,30,31,32);2*1-2H3;1-2H2/b6-5+;;;. The lowest BCUT2D eigenvalue weighted by molar-refractivity contribution is 0.360. The van der Waals surface area contributed by atoms with Crippen molar-refractivity contribution in [3.05, 3.63) is 103 Å². The first kappa shape index (κ1) is 30.1. The molecular weight excluding hydrogens is 498 g/mol. The number of benzene rings is 2. The summed E-state index contributed by atoms with van der Waals surface area (Å²) in [4.78, 5) is 14.1. The normalized spacial score (nSPS) is 15.5. The molecule has 6 rings (SSSR count). The minimum Gasteiger partial charge on any atom is -0.487 e. The van der Waals surface area contributed by atoms with Gasteiger partial charge in [-0.1, -0.05) is 64.1 Å². The molecule has 8 heteroatoms. The summed E-state index contributed by atoms with van der Waals surface area (Å²) < 4.78 is 7.87. The van der Waals surface area contributed by atoms with E-state index in [1.54, 1.807) is 11.0 Å². The highest BCUT2D eigenvalue weighted by atomic mass is 16.5. The van der Waals surface area contributed by atoms with Crippen molar-refractivity contribution < 1.29 is 4.74 Å². The van der Waals surface area contributed by atoms with Gasteiger partial charge in [0.15, 0.2) is 0 Å². The number of nitrogens with one attached hydrogen (secondary N) is 2. The van der Waals surface area contributed by atoms with E-state index in [0.717, 1.165) is 41.6 Å². The van der Waals surface area contributed by atoms with Crippen LogP contribution in [0.25, 0.3) is 5.69 Å². The summed E-state index contributed by atoms with van der Waals surface area (Å²) in [6, 6.07) is 16.5. The zero-order valence-corrected chi connectivity index (χ0v) is 24.3. The Labute approximate surface area is 238 Å². The summed E-state index contributed by atoms with van der Waals surface area (Å²) in [5, 5.41) is 11.2. The van der Waals surface area contributed by atoms with Gasteiger partial charge in [-0.2, -0.15) is 10.1 Å². The third-order valence-corrected chi connectivity index (χ3v) is 6.31. The molecule has 2 aromatic heterocycles. The molecule has 0 spiro atoms. The Hall–Kier alpha value is -4.46. The summed E-state index contributed by atoms with van der Waals surface area (Å²) >= 11 is 0. The van der Waals surface area contributed by atoms with Crippen LogP contribution < -0.4 is 15.4 Å². The van der Waals surface area contributed by atoms with Gasteiger partial charge in [0.2, 0.25) is 5.95 Å². The van der Waals surface area contributed by atoms with E-state index in [4.69, 9.17) is 14.7 Å². The molecule has 210 valence electrons. The van der Waals surface area contributed by atoms with Gasteiger partial charge in [-0.05, 0) is 43.5 Å². The number of nitrogens with zero attached hydrogens (tertiary/aromatic N) is 5. The lowest BCUT2D eigenvalue weighted by Crippen LogP contribution is -2.10. The van der Waals surface area contributed by atoms with Crippen molar-refractivity contribution in [2.75, 3.05) is 23.8 Å². The molecule has 1 aliphatic heterocycles. The fourth-order valence-electron chi connectivity index (χ4n) is 4.67. The van der Waals surface area contributed by atoms with Crippen molar-refractivity contribution in [3.8, 4) is 11.4 Å². The molecule has 40 heavy (non-hydrogen) atoms. The average Bonchev–Trinajstić information content (AvgIpc) is 3.64. The van der Waals surface area contributed by atoms with E-state index in [9.17, 15) is 0 Å². The Morgan fingerprint density at radius 2 is 1.75 bits per heavy atom. The van der Waals surface area contributed by atoms with Crippen LogP contribution in [-0.2, 0) is 6.42 Å². The molecule has 4 bridgehead atoms. The lowest BCUT2D eigenvalue weighted by atomic mass is 9.97. The molecular formula is C32H41N7O. The highest BCUT2D eigenvalue weighted by Crippen LogP contribution is 2.40. The van der Waals surface area contributed by atoms with Gasteiger partial charge in [0.25, 0.3) is 0 Å². The van der Waals surface area contributed by atoms with Gasteiger partial charge in [0.05, 0.1) is 5.69 Å². The molecule has 2 N–H and O–H groups in total. The topological polar surface area (TPSA) is 89.8 Å². The molecule has 1 unspecified atom stereocenters. The summed E-state index contributed by atoms with van der Waals surface area (Å²) in [6.45, 7) is 17.0. The molecule has 0 fully saturated rings. The predicted octanol–water partition coefficient (Wildman–Crippen LogP) is 7.40. The number of aryl methyl sites for hydroxylation is 1. The summed E-state index contributed by atoms with van der Waals surface area (Å²) in [5.74, 6) is 3.23. The molecule has 1 atom stereocenters. The molecule has 2 aromatic carbocycles. The molecule has 4 aromatic rings. The highest BCUT2D eigenvalue weighted by molar-refractivity contribution is 5.64. The summed E-state index contributed by atoms with van der Waals surface area (Å²) in [5.41, 5.74) is 5.27. The number of ether oxygens (including phenoxy) is 1. The fraction of sp³-hybridized carbons (Fsp3) is 0.312. The molecule has 0 amide bonds. The van der Waals surface area contributed by atoms with Gasteiger partial charge in [-0.25, -0.2) is 14.6 Å². The molecule has 0 saturated heterocycles. The van der Waals surface area contributed by atoms with Crippen molar-refractivity contribution in [1.82, 2.24) is 24.7 Å². The number of hydrogen-bond acceptors (Lipinski definition) is 7. The highest BCUT2D eigenvalue weighted by Gasteiger charge is 2.29. The maximum Gasteiger partial charge on any atom is 0.229 e. The Morgan fingerprint density at radius 1 is 0.975 bits per heavy atom. The molecule has 1 aliphatic carbocycles. The maximum absolute atomic E-state index is 6.10. The second-order valence-corrected chi connectivity index (χ2v) is 8.45. The fourth-order valence-corrected chi connectivity index (χ4v) is 4.67. The number of aromatic nitrogens is 5. The lowest BCUT2D eigenvalue weighted by Gasteiger charge is -2.16. The Balaban J connectivity index is 0.000000691. The largest absolute Gasteiger partial charge is 0.487 e. The SMILES string of the molecule is C=C.CC.CC.Cc1ncnn1-c1ccc2cc1OC/C=C/CNc1nc(nc3c1CCC3c1ccccc1)N2. The summed E-state index contributed by atoms with van der Waals surface area (Å²) in [7, 11) is 0. The zero-order valence-electron chi connectivity index (χ0n) is 24.3. The number of anilines is 3. The van der Waals surface area contributed by atoms with Gasteiger partial charge in [-0.15, -0.1) is 13.2 Å². The van der Waals surface area contributed by atoms with Crippen molar-refractivity contribution in [2.24, 2.45) is 0 Å². The molecule has 0 radical (unpaired) electrons. The van der Waals surface area contributed by atoms with E-state index in [0.29, 0.717) is 24.8 Å². The first-order valence-electron chi connectivity index (χ1n) is 14.0. The van der Waals surface area contributed by atoms with Crippen LogP contribution in [0.5, 0.6) is 5.75 Å². The molecule has 8 nitrogen and oxygen atoms in total. The van der Waals surface area contributed by atoms with Gasteiger partial charge >= 0.3 is 0 Å². The van der Waals surface area contributed by atoms with Crippen molar-refractivity contribution in [1.29, 1.82) is 0 Å². The van der Waals surface area contributed by atoms with Crippen LogP contribution in [0.4, 0.5) is 17.5 Å². The van der Waals surface area contributed by atoms with Gasteiger partial charge < -0.3 is 15.4 Å². The van der Waals surface area contributed by atoms with Crippen LogP contribution in [0.1, 0.15) is 62.7 Å². The van der Waals surface area contributed by atoms with Crippen LogP contribution in [0, 0.1) is 6.92 Å². The Bertz CT molecular complexity index is 1380. The van der Waals surface area contributed by atoms with E-state index >= 15 is 0 Å². The average molecular weight is 540 g/mol. The second kappa shape index (κ2) is 15.2. The quantitative estimate of drug-likeness (QED) is 0.256. The first-order valence-corrected chi connectivity index (χ1v) is 14.0. The van der Waals surface area contributed by atoms with E-state index in [2.05, 4.69) is 70.3 Å². The maximum atomic E-state index is 6.10.